The number of hydrogen-bond donors (Lipinski definition) is 2. The van der Waals surface area contributed by atoms with E-state index in [4.69, 9.17) is 5.73 Å². The highest BCUT2D eigenvalue weighted by Crippen LogP contribution is 2.24. The van der Waals surface area contributed by atoms with Crippen molar-refractivity contribution >= 4 is 0 Å². The third kappa shape index (κ3) is 4.05. The van der Waals surface area contributed by atoms with Crippen molar-refractivity contribution in [1.29, 1.82) is 0 Å². The minimum absolute atomic E-state index is 0.427. The molecule has 0 heterocycles. The second-order valence-electron chi connectivity index (χ2n) is 6.19. The largest absolute Gasteiger partial charge is 0.330 e. The number of likely N-dealkylation sites (N-methyl/N-ethyl adjacent to an activating group) is 1. The van der Waals surface area contributed by atoms with Crippen LogP contribution >= 0.6 is 0 Å². The Morgan fingerprint density at radius 3 is 2.55 bits per heavy atom. The summed E-state index contributed by atoms with van der Waals surface area (Å²) in [5.41, 5.74) is 7.30. The summed E-state index contributed by atoms with van der Waals surface area (Å²) < 4.78 is 0. The lowest BCUT2D eigenvalue weighted by atomic mass is 9.84. The summed E-state index contributed by atoms with van der Waals surface area (Å²) in [4.78, 5) is 2.29. The van der Waals surface area contributed by atoms with Gasteiger partial charge in [-0.3, -0.25) is 0 Å². The first-order chi connectivity index (χ1) is 9.72. The van der Waals surface area contributed by atoms with Crippen molar-refractivity contribution < 1.29 is 0 Å². The van der Waals surface area contributed by atoms with Crippen molar-refractivity contribution in [3.05, 3.63) is 35.9 Å². The van der Waals surface area contributed by atoms with E-state index in [0.29, 0.717) is 18.0 Å². The first-order valence-electron chi connectivity index (χ1n) is 7.87. The van der Waals surface area contributed by atoms with Crippen molar-refractivity contribution in [3.63, 3.8) is 0 Å². The molecule has 112 valence electrons. The van der Waals surface area contributed by atoms with Crippen LogP contribution in [0.25, 0.3) is 0 Å². The number of rotatable bonds is 6. The van der Waals surface area contributed by atoms with E-state index in [1.165, 1.54) is 31.2 Å². The number of nitrogens with one attached hydrogen (secondary N) is 1. The molecule has 0 bridgehead atoms. The van der Waals surface area contributed by atoms with Gasteiger partial charge in [0.15, 0.2) is 0 Å². The average Bonchev–Trinajstić information content (AvgIpc) is 2.48. The lowest BCUT2D eigenvalue weighted by molar-refractivity contribution is 0.228. The van der Waals surface area contributed by atoms with Crippen LogP contribution in [-0.2, 0) is 0 Å². The minimum Gasteiger partial charge on any atom is -0.330 e. The predicted molar refractivity (Wildman–Crippen MR) is 85.7 cm³/mol. The zero-order chi connectivity index (χ0) is 14.4. The highest BCUT2D eigenvalue weighted by Gasteiger charge is 2.24. The summed E-state index contributed by atoms with van der Waals surface area (Å²) in [5, 5.41) is 3.78. The van der Waals surface area contributed by atoms with Gasteiger partial charge in [-0.2, -0.15) is 0 Å². The quantitative estimate of drug-likeness (QED) is 0.837. The topological polar surface area (TPSA) is 41.3 Å². The Morgan fingerprint density at radius 1 is 1.20 bits per heavy atom. The third-order valence-electron chi connectivity index (χ3n) is 4.59. The predicted octanol–water partition coefficient (Wildman–Crippen LogP) is 2.40. The van der Waals surface area contributed by atoms with Crippen LogP contribution < -0.4 is 11.1 Å². The van der Waals surface area contributed by atoms with Gasteiger partial charge in [-0.05, 0) is 45.0 Å². The Kier molecular flexibility index (Phi) is 6.02. The summed E-state index contributed by atoms with van der Waals surface area (Å²) >= 11 is 0. The van der Waals surface area contributed by atoms with E-state index in [9.17, 15) is 0 Å². The molecule has 2 rings (SSSR count). The van der Waals surface area contributed by atoms with E-state index < -0.39 is 0 Å². The highest BCUT2D eigenvalue weighted by molar-refractivity contribution is 5.19. The Labute approximate surface area is 123 Å². The summed E-state index contributed by atoms with van der Waals surface area (Å²) in [6, 6.07) is 11.8. The SMILES string of the molecule is CN(C)C(CNC1CCCCC1CN)c1ccccc1. The zero-order valence-electron chi connectivity index (χ0n) is 12.9. The molecule has 1 aromatic rings. The molecule has 0 spiro atoms. The van der Waals surface area contributed by atoms with Gasteiger partial charge in [-0.15, -0.1) is 0 Å². The Morgan fingerprint density at radius 2 is 1.90 bits per heavy atom. The molecule has 3 heteroatoms. The Hall–Kier alpha value is -0.900. The molecule has 20 heavy (non-hydrogen) atoms. The zero-order valence-corrected chi connectivity index (χ0v) is 12.9. The van der Waals surface area contributed by atoms with Crippen LogP contribution in [0.3, 0.4) is 0 Å². The molecule has 0 aliphatic heterocycles. The molecule has 0 aromatic heterocycles. The maximum Gasteiger partial charge on any atom is 0.0466 e. The Balaban J connectivity index is 1.95. The van der Waals surface area contributed by atoms with E-state index in [0.717, 1.165) is 13.1 Å². The van der Waals surface area contributed by atoms with E-state index in [1.54, 1.807) is 0 Å². The first-order valence-corrected chi connectivity index (χ1v) is 7.87. The van der Waals surface area contributed by atoms with Gasteiger partial charge in [-0.25, -0.2) is 0 Å². The van der Waals surface area contributed by atoms with Gasteiger partial charge in [0, 0.05) is 18.6 Å². The fourth-order valence-corrected chi connectivity index (χ4v) is 3.30. The van der Waals surface area contributed by atoms with Crippen LogP contribution in [0.15, 0.2) is 30.3 Å². The standard InChI is InChI=1S/C17H29N3/c1-20(2)17(14-8-4-3-5-9-14)13-19-16-11-7-6-10-15(16)12-18/h3-5,8-9,15-17,19H,6-7,10-13,18H2,1-2H3. The minimum atomic E-state index is 0.427. The molecule has 0 radical (unpaired) electrons. The third-order valence-corrected chi connectivity index (χ3v) is 4.59. The van der Waals surface area contributed by atoms with Gasteiger partial charge >= 0.3 is 0 Å². The van der Waals surface area contributed by atoms with Gasteiger partial charge in [0.05, 0.1) is 0 Å². The number of nitrogens with zero attached hydrogens (tertiary/aromatic N) is 1. The molecule has 3 nitrogen and oxygen atoms in total. The summed E-state index contributed by atoms with van der Waals surface area (Å²) in [6.45, 7) is 1.81. The van der Waals surface area contributed by atoms with Crippen molar-refractivity contribution in [1.82, 2.24) is 10.2 Å². The summed E-state index contributed by atoms with van der Waals surface area (Å²) in [7, 11) is 4.31. The van der Waals surface area contributed by atoms with Crippen LogP contribution in [-0.4, -0.2) is 38.1 Å². The van der Waals surface area contributed by atoms with Crippen molar-refractivity contribution in [2.75, 3.05) is 27.2 Å². The molecule has 1 aromatic carbocycles. The number of hydrogen-bond acceptors (Lipinski definition) is 3. The molecule has 1 fully saturated rings. The van der Waals surface area contributed by atoms with E-state index >= 15 is 0 Å². The molecule has 1 aliphatic carbocycles. The Bertz CT molecular complexity index is 377. The van der Waals surface area contributed by atoms with Crippen LogP contribution in [0.4, 0.5) is 0 Å². The van der Waals surface area contributed by atoms with E-state index in [1.807, 2.05) is 0 Å². The fourth-order valence-electron chi connectivity index (χ4n) is 3.30. The normalized spacial score (nSPS) is 24.8. The number of nitrogens with two attached hydrogens (primary N) is 1. The van der Waals surface area contributed by atoms with Gasteiger partial charge in [0.2, 0.25) is 0 Å². The lowest BCUT2D eigenvalue weighted by Gasteiger charge is -2.34. The van der Waals surface area contributed by atoms with Gasteiger partial charge in [-0.1, -0.05) is 43.2 Å². The van der Waals surface area contributed by atoms with Crippen LogP contribution in [0, 0.1) is 5.92 Å². The van der Waals surface area contributed by atoms with E-state index in [-0.39, 0.29) is 0 Å². The summed E-state index contributed by atoms with van der Waals surface area (Å²) in [5.74, 6) is 0.655. The van der Waals surface area contributed by atoms with Crippen molar-refractivity contribution in [3.8, 4) is 0 Å². The maximum atomic E-state index is 5.92. The second kappa shape index (κ2) is 7.77. The van der Waals surface area contributed by atoms with Crippen molar-refractivity contribution in [2.24, 2.45) is 11.7 Å². The summed E-state index contributed by atoms with van der Waals surface area (Å²) in [6.07, 6.45) is 5.24. The molecule has 0 amide bonds. The average molecular weight is 275 g/mol. The van der Waals surface area contributed by atoms with Gasteiger partial charge < -0.3 is 16.0 Å². The van der Waals surface area contributed by atoms with Gasteiger partial charge in [0.25, 0.3) is 0 Å². The molecule has 1 saturated carbocycles. The second-order valence-corrected chi connectivity index (χ2v) is 6.19. The van der Waals surface area contributed by atoms with Crippen LogP contribution in [0.2, 0.25) is 0 Å². The molecule has 3 atom stereocenters. The number of benzene rings is 1. The lowest BCUT2D eigenvalue weighted by Crippen LogP contribution is -2.44. The van der Waals surface area contributed by atoms with Crippen LogP contribution in [0.1, 0.15) is 37.3 Å². The highest BCUT2D eigenvalue weighted by atomic mass is 15.1. The molecule has 1 aliphatic rings. The molecular weight excluding hydrogens is 246 g/mol. The first kappa shape index (κ1) is 15.5. The maximum absolute atomic E-state index is 5.92. The molecule has 0 saturated heterocycles. The molecular formula is C17H29N3. The molecule has 3 unspecified atom stereocenters. The van der Waals surface area contributed by atoms with Crippen LogP contribution in [0.5, 0.6) is 0 Å². The molecule has 3 N–H and O–H groups in total. The monoisotopic (exact) mass is 275 g/mol. The van der Waals surface area contributed by atoms with Gasteiger partial charge in [0.1, 0.15) is 0 Å². The fraction of sp³-hybridized carbons (Fsp3) is 0.647. The van der Waals surface area contributed by atoms with E-state index in [2.05, 4.69) is 54.6 Å². The smallest absolute Gasteiger partial charge is 0.0466 e. The van der Waals surface area contributed by atoms with Crippen molar-refractivity contribution in [2.45, 2.75) is 37.8 Å².